The van der Waals surface area contributed by atoms with Crippen LogP contribution >= 0.6 is 23.2 Å². The molecule has 0 fully saturated rings. The Hall–Kier alpha value is -2.24. The maximum atomic E-state index is 12.5. The first kappa shape index (κ1) is 19.5. The number of halogens is 2. The molecular weight excluding hydrogens is 385 g/mol. The number of amides is 3. The molecule has 0 saturated carbocycles. The smallest absolute Gasteiger partial charge is 0.317 e. The van der Waals surface area contributed by atoms with Gasteiger partial charge in [0.15, 0.2) is 0 Å². The minimum absolute atomic E-state index is 0.0625. The van der Waals surface area contributed by atoms with E-state index in [1.165, 1.54) is 0 Å². The third kappa shape index (κ3) is 4.37. The van der Waals surface area contributed by atoms with Gasteiger partial charge < -0.3 is 15.5 Å². The Labute approximate surface area is 168 Å². The molecule has 27 heavy (non-hydrogen) atoms. The number of fused-ring (bicyclic) bond motifs is 1. The van der Waals surface area contributed by atoms with Crippen LogP contribution in [0.1, 0.15) is 40.0 Å². The second kappa shape index (κ2) is 8.19. The highest BCUT2D eigenvalue weighted by atomic mass is 35.5. The third-order valence-electron chi connectivity index (χ3n) is 4.86. The standard InChI is InChI=1S/C20H21Cl2N3O2/c1-12(16-6-5-15(21)10-18(16)22)25(2)20(27)24-11-13-3-4-14-7-8-23-19(26)17(14)9-13/h3-6,9-10,12H,7-8,11H2,1-2H3,(H,23,26)(H,24,27). The maximum absolute atomic E-state index is 12.5. The molecular formula is C20H21Cl2N3O2. The van der Waals surface area contributed by atoms with E-state index < -0.39 is 0 Å². The van der Waals surface area contributed by atoms with Gasteiger partial charge in [0.1, 0.15) is 0 Å². The van der Waals surface area contributed by atoms with E-state index in [-0.39, 0.29) is 18.0 Å². The minimum Gasteiger partial charge on any atom is -0.352 e. The van der Waals surface area contributed by atoms with Gasteiger partial charge in [0.25, 0.3) is 5.91 Å². The Balaban J connectivity index is 1.65. The number of nitrogens with zero attached hydrogens (tertiary/aromatic N) is 1. The highest BCUT2D eigenvalue weighted by Crippen LogP contribution is 2.29. The molecule has 2 N–H and O–H groups in total. The molecule has 2 aromatic rings. The number of hydrogen-bond donors (Lipinski definition) is 2. The largest absolute Gasteiger partial charge is 0.352 e. The van der Waals surface area contributed by atoms with Crippen LogP contribution in [0.15, 0.2) is 36.4 Å². The summed E-state index contributed by atoms with van der Waals surface area (Å²) in [5.74, 6) is -0.0625. The van der Waals surface area contributed by atoms with E-state index in [9.17, 15) is 9.59 Å². The summed E-state index contributed by atoms with van der Waals surface area (Å²) in [4.78, 5) is 26.1. The van der Waals surface area contributed by atoms with Gasteiger partial charge in [0.2, 0.25) is 0 Å². The topological polar surface area (TPSA) is 61.4 Å². The number of carbonyl (C=O) groups excluding carboxylic acids is 2. The Morgan fingerprint density at radius 1 is 1.26 bits per heavy atom. The summed E-state index contributed by atoms with van der Waals surface area (Å²) in [6.07, 6.45) is 0.829. The predicted molar refractivity (Wildman–Crippen MR) is 107 cm³/mol. The first-order valence-electron chi connectivity index (χ1n) is 8.72. The Morgan fingerprint density at radius 3 is 2.78 bits per heavy atom. The fraction of sp³-hybridized carbons (Fsp3) is 0.300. The summed E-state index contributed by atoms with van der Waals surface area (Å²) >= 11 is 12.2. The summed E-state index contributed by atoms with van der Waals surface area (Å²) in [5.41, 5.74) is 3.42. The molecule has 0 aromatic heterocycles. The van der Waals surface area contributed by atoms with Crippen molar-refractivity contribution in [2.75, 3.05) is 13.6 Å². The second-order valence-corrected chi connectivity index (χ2v) is 7.45. The normalized spacial score (nSPS) is 14.1. The molecule has 1 heterocycles. The average Bonchev–Trinajstić information content (AvgIpc) is 2.65. The summed E-state index contributed by atoms with van der Waals surface area (Å²) < 4.78 is 0. The molecule has 0 saturated heterocycles. The molecule has 0 spiro atoms. The molecule has 3 amide bonds. The molecule has 0 bridgehead atoms. The fourth-order valence-electron chi connectivity index (χ4n) is 3.10. The van der Waals surface area contributed by atoms with Crippen LogP contribution in [0.25, 0.3) is 0 Å². The van der Waals surface area contributed by atoms with Crippen molar-refractivity contribution in [1.82, 2.24) is 15.5 Å². The van der Waals surface area contributed by atoms with Gasteiger partial charge in [-0.25, -0.2) is 4.79 Å². The van der Waals surface area contributed by atoms with E-state index in [1.807, 2.05) is 31.2 Å². The van der Waals surface area contributed by atoms with E-state index in [0.29, 0.717) is 28.7 Å². The van der Waals surface area contributed by atoms with Crippen LogP contribution in [-0.4, -0.2) is 30.4 Å². The summed E-state index contributed by atoms with van der Waals surface area (Å²) in [7, 11) is 1.71. The van der Waals surface area contributed by atoms with E-state index in [4.69, 9.17) is 23.2 Å². The fourth-order valence-corrected chi connectivity index (χ4v) is 3.66. The highest BCUT2D eigenvalue weighted by molar-refractivity contribution is 6.35. The molecule has 7 heteroatoms. The quantitative estimate of drug-likeness (QED) is 0.800. The van der Waals surface area contributed by atoms with E-state index in [1.54, 1.807) is 24.1 Å². The first-order valence-corrected chi connectivity index (χ1v) is 9.48. The monoisotopic (exact) mass is 405 g/mol. The van der Waals surface area contributed by atoms with Crippen molar-refractivity contribution in [2.45, 2.75) is 25.9 Å². The lowest BCUT2D eigenvalue weighted by atomic mass is 9.98. The summed E-state index contributed by atoms with van der Waals surface area (Å²) in [6.45, 7) is 2.90. The lowest BCUT2D eigenvalue weighted by molar-refractivity contribution is 0.0946. The van der Waals surface area contributed by atoms with Crippen LogP contribution in [0.3, 0.4) is 0 Å². The minimum atomic E-state index is -0.226. The van der Waals surface area contributed by atoms with E-state index in [0.717, 1.165) is 23.1 Å². The van der Waals surface area contributed by atoms with Crippen LogP contribution in [0, 0.1) is 0 Å². The van der Waals surface area contributed by atoms with Crippen molar-refractivity contribution in [3.8, 4) is 0 Å². The number of carbonyl (C=O) groups is 2. The van der Waals surface area contributed by atoms with Crippen LogP contribution in [0.4, 0.5) is 4.79 Å². The first-order chi connectivity index (χ1) is 12.9. The highest BCUT2D eigenvalue weighted by Gasteiger charge is 2.20. The molecule has 2 aromatic carbocycles. The van der Waals surface area contributed by atoms with Crippen molar-refractivity contribution in [3.05, 3.63) is 68.7 Å². The lowest BCUT2D eigenvalue weighted by Crippen LogP contribution is -2.38. The van der Waals surface area contributed by atoms with Gasteiger partial charge in [-0.1, -0.05) is 41.4 Å². The zero-order chi connectivity index (χ0) is 19.6. The zero-order valence-corrected chi connectivity index (χ0v) is 16.7. The Kier molecular flexibility index (Phi) is 5.92. The average molecular weight is 406 g/mol. The van der Waals surface area contributed by atoms with Gasteiger partial charge in [-0.15, -0.1) is 0 Å². The van der Waals surface area contributed by atoms with Gasteiger partial charge in [-0.2, -0.15) is 0 Å². The van der Waals surface area contributed by atoms with Crippen molar-refractivity contribution < 1.29 is 9.59 Å². The molecule has 3 rings (SSSR count). The number of hydrogen-bond acceptors (Lipinski definition) is 2. The maximum Gasteiger partial charge on any atom is 0.317 e. The second-order valence-electron chi connectivity index (χ2n) is 6.61. The van der Waals surface area contributed by atoms with Crippen molar-refractivity contribution in [2.24, 2.45) is 0 Å². The lowest BCUT2D eigenvalue weighted by Gasteiger charge is -2.26. The van der Waals surface area contributed by atoms with Gasteiger partial charge in [-0.05, 0) is 48.2 Å². The molecule has 1 aliphatic rings. The van der Waals surface area contributed by atoms with Crippen molar-refractivity contribution in [1.29, 1.82) is 0 Å². The molecule has 1 atom stereocenters. The molecule has 1 unspecified atom stereocenters. The van der Waals surface area contributed by atoms with Gasteiger partial charge >= 0.3 is 6.03 Å². The van der Waals surface area contributed by atoms with Crippen LogP contribution in [-0.2, 0) is 13.0 Å². The number of rotatable bonds is 4. The predicted octanol–water partition coefficient (Wildman–Crippen LogP) is 4.18. The summed E-state index contributed by atoms with van der Waals surface area (Å²) in [5, 5.41) is 6.80. The van der Waals surface area contributed by atoms with Crippen molar-refractivity contribution in [3.63, 3.8) is 0 Å². The molecule has 5 nitrogen and oxygen atoms in total. The number of urea groups is 1. The van der Waals surface area contributed by atoms with Crippen LogP contribution < -0.4 is 10.6 Å². The Morgan fingerprint density at radius 2 is 2.04 bits per heavy atom. The molecule has 0 aliphatic carbocycles. The van der Waals surface area contributed by atoms with Crippen LogP contribution in [0.5, 0.6) is 0 Å². The van der Waals surface area contributed by atoms with Crippen LogP contribution in [0.2, 0.25) is 10.0 Å². The van der Waals surface area contributed by atoms with E-state index in [2.05, 4.69) is 10.6 Å². The summed E-state index contributed by atoms with van der Waals surface area (Å²) in [6, 6.07) is 10.5. The number of nitrogens with one attached hydrogen (secondary N) is 2. The van der Waals surface area contributed by atoms with Gasteiger partial charge in [0, 0.05) is 35.7 Å². The molecule has 1 aliphatic heterocycles. The van der Waals surface area contributed by atoms with Gasteiger partial charge in [0.05, 0.1) is 6.04 Å². The zero-order valence-electron chi connectivity index (χ0n) is 15.2. The van der Waals surface area contributed by atoms with Crippen molar-refractivity contribution >= 4 is 35.1 Å². The van der Waals surface area contributed by atoms with E-state index >= 15 is 0 Å². The molecule has 0 radical (unpaired) electrons. The SMILES string of the molecule is CC(c1ccc(Cl)cc1Cl)N(C)C(=O)NCc1ccc2c(c1)C(=O)NCC2. The number of benzene rings is 2. The molecule has 142 valence electrons. The van der Waals surface area contributed by atoms with Gasteiger partial charge in [-0.3, -0.25) is 4.79 Å². The third-order valence-corrected chi connectivity index (χ3v) is 5.42. The Bertz CT molecular complexity index is 886.